The van der Waals surface area contributed by atoms with Crippen LogP contribution < -0.4 is 10.5 Å². The average molecular weight is 262 g/mol. The van der Waals surface area contributed by atoms with Crippen LogP contribution in [-0.2, 0) is 0 Å². The quantitative estimate of drug-likeness (QED) is 0.872. The number of hydrogen-bond acceptors (Lipinski definition) is 3. The van der Waals surface area contributed by atoms with Gasteiger partial charge in [0.15, 0.2) is 11.6 Å². The van der Waals surface area contributed by atoms with Crippen LogP contribution in [0.15, 0.2) is 18.2 Å². The number of halogens is 2. The molecule has 0 heterocycles. The highest BCUT2D eigenvalue weighted by Gasteiger charge is 2.34. The van der Waals surface area contributed by atoms with E-state index < -0.39 is 18.0 Å². The van der Waals surface area contributed by atoms with Crippen molar-refractivity contribution in [1.29, 1.82) is 0 Å². The summed E-state index contributed by atoms with van der Waals surface area (Å²) in [5, 5.41) is 9.85. The summed E-state index contributed by atoms with van der Waals surface area (Å²) in [6.45, 7) is 0. The molecule has 1 aromatic rings. The second kappa shape index (κ2) is 5.67. The van der Waals surface area contributed by atoms with Gasteiger partial charge >= 0.3 is 0 Å². The molecule has 2 atom stereocenters. The van der Waals surface area contributed by atoms with Crippen molar-refractivity contribution >= 4 is 12.4 Å². The SMILES string of the molecule is COc1ccc([C@@H](N)[C@@H](O)C2CC2)cc1F.Cl. The van der Waals surface area contributed by atoms with Crippen LogP contribution in [0.5, 0.6) is 5.75 Å². The molecule has 1 saturated carbocycles. The van der Waals surface area contributed by atoms with E-state index in [1.807, 2.05) is 0 Å². The first-order valence-electron chi connectivity index (χ1n) is 5.40. The van der Waals surface area contributed by atoms with Gasteiger partial charge in [-0.2, -0.15) is 0 Å². The lowest BCUT2D eigenvalue weighted by molar-refractivity contribution is 0.122. The van der Waals surface area contributed by atoms with Gasteiger partial charge in [0.05, 0.1) is 19.3 Å². The zero-order valence-corrected chi connectivity index (χ0v) is 10.4. The third-order valence-electron chi connectivity index (χ3n) is 3.03. The molecule has 2 rings (SSSR count). The molecule has 1 aromatic carbocycles. The lowest BCUT2D eigenvalue weighted by Crippen LogP contribution is -2.27. The largest absolute Gasteiger partial charge is 0.494 e. The van der Waals surface area contributed by atoms with Crippen molar-refractivity contribution in [1.82, 2.24) is 0 Å². The van der Waals surface area contributed by atoms with Crippen molar-refractivity contribution in [3.8, 4) is 5.75 Å². The number of methoxy groups -OCH3 is 1. The molecule has 96 valence electrons. The molecule has 0 unspecified atom stereocenters. The maximum absolute atomic E-state index is 13.4. The van der Waals surface area contributed by atoms with E-state index >= 15 is 0 Å². The zero-order chi connectivity index (χ0) is 11.7. The van der Waals surface area contributed by atoms with Gasteiger partial charge in [0, 0.05) is 0 Å². The fraction of sp³-hybridized carbons (Fsp3) is 0.500. The average Bonchev–Trinajstić information content (AvgIpc) is 3.11. The van der Waals surface area contributed by atoms with Crippen LogP contribution >= 0.6 is 12.4 Å². The van der Waals surface area contributed by atoms with Crippen LogP contribution in [-0.4, -0.2) is 18.3 Å². The van der Waals surface area contributed by atoms with E-state index in [9.17, 15) is 9.50 Å². The summed E-state index contributed by atoms with van der Waals surface area (Å²) in [5.41, 5.74) is 6.49. The number of ether oxygens (including phenoxy) is 1. The van der Waals surface area contributed by atoms with Crippen LogP contribution in [0, 0.1) is 11.7 Å². The summed E-state index contributed by atoms with van der Waals surface area (Å²) in [6, 6.07) is 4.03. The minimum atomic E-state index is -0.576. The second-order valence-electron chi connectivity index (χ2n) is 4.25. The van der Waals surface area contributed by atoms with Crippen LogP contribution in [0.1, 0.15) is 24.4 Å². The molecule has 0 radical (unpaired) electrons. The standard InChI is InChI=1S/C12H16FNO2.ClH/c1-16-10-5-4-8(6-9(10)13)11(14)12(15)7-2-3-7;/h4-7,11-12,15H,2-3,14H2,1H3;1H/t11-,12+;/m1./s1. The summed E-state index contributed by atoms with van der Waals surface area (Å²) >= 11 is 0. The molecular weight excluding hydrogens is 245 g/mol. The van der Waals surface area contributed by atoms with Crippen molar-refractivity contribution in [2.75, 3.05) is 7.11 Å². The molecule has 1 aliphatic rings. The predicted molar refractivity (Wildman–Crippen MR) is 65.9 cm³/mol. The number of aliphatic hydroxyl groups excluding tert-OH is 1. The first-order valence-corrected chi connectivity index (χ1v) is 5.40. The van der Waals surface area contributed by atoms with E-state index in [4.69, 9.17) is 10.5 Å². The monoisotopic (exact) mass is 261 g/mol. The molecule has 17 heavy (non-hydrogen) atoms. The van der Waals surface area contributed by atoms with Gasteiger partial charge in [0.2, 0.25) is 0 Å². The lowest BCUT2D eigenvalue weighted by atomic mass is 9.99. The van der Waals surface area contributed by atoms with Crippen molar-refractivity contribution in [3.05, 3.63) is 29.6 Å². The Morgan fingerprint density at radius 3 is 2.59 bits per heavy atom. The van der Waals surface area contributed by atoms with Crippen LogP contribution in [0.3, 0.4) is 0 Å². The van der Waals surface area contributed by atoms with Crippen molar-refractivity contribution in [3.63, 3.8) is 0 Å². The van der Waals surface area contributed by atoms with Gasteiger partial charge in [0.1, 0.15) is 0 Å². The molecule has 0 spiro atoms. The van der Waals surface area contributed by atoms with Crippen LogP contribution in [0.25, 0.3) is 0 Å². The summed E-state index contributed by atoms with van der Waals surface area (Å²) in [4.78, 5) is 0. The highest BCUT2D eigenvalue weighted by atomic mass is 35.5. The molecule has 1 fully saturated rings. The van der Waals surface area contributed by atoms with E-state index in [1.165, 1.54) is 19.2 Å². The fourth-order valence-electron chi connectivity index (χ4n) is 1.82. The number of aliphatic hydroxyl groups is 1. The van der Waals surface area contributed by atoms with Gasteiger partial charge in [-0.25, -0.2) is 4.39 Å². The normalized spacial score (nSPS) is 18.1. The van der Waals surface area contributed by atoms with E-state index in [2.05, 4.69) is 0 Å². The Balaban J connectivity index is 0.00000144. The van der Waals surface area contributed by atoms with Crippen molar-refractivity contribution < 1.29 is 14.2 Å². The maximum atomic E-state index is 13.4. The summed E-state index contributed by atoms with van der Waals surface area (Å²) in [6.07, 6.45) is 1.44. The van der Waals surface area contributed by atoms with Gasteiger partial charge in [0.25, 0.3) is 0 Å². The van der Waals surface area contributed by atoms with Crippen molar-refractivity contribution in [2.45, 2.75) is 25.0 Å². The number of hydrogen-bond donors (Lipinski definition) is 2. The zero-order valence-electron chi connectivity index (χ0n) is 9.60. The summed E-state index contributed by atoms with van der Waals surface area (Å²) < 4.78 is 18.3. The van der Waals surface area contributed by atoms with Gasteiger partial charge < -0.3 is 15.6 Å². The van der Waals surface area contributed by atoms with Gasteiger partial charge in [-0.15, -0.1) is 12.4 Å². The molecule has 0 saturated heterocycles. The number of nitrogens with two attached hydrogens (primary N) is 1. The molecule has 1 aliphatic carbocycles. The second-order valence-corrected chi connectivity index (χ2v) is 4.25. The molecule has 0 aromatic heterocycles. The van der Waals surface area contributed by atoms with Gasteiger partial charge in [-0.1, -0.05) is 6.07 Å². The molecule has 0 amide bonds. The van der Waals surface area contributed by atoms with Crippen molar-refractivity contribution in [2.24, 2.45) is 11.7 Å². The molecule has 3 nitrogen and oxygen atoms in total. The Kier molecular flexibility index (Phi) is 4.74. The Morgan fingerprint density at radius 1 is 1.47 bits per heavy atom. The third kappa shape index (κ3) is 3.09. The van der Waals surface area contributed by atoms with E-state index in [0.717, 1.165) is 12.8 Å². The number of rotatable bonds is 4. The third-order valence-corrected chi connectivity index (χ3v) is 3.03. The molecule has 0 aliphatic heterocycles. The molecule has 0 bridgehead atoms. The maximum Gasteiger partial charge on any atom is 0.165 e. The Bertz CT molecular complexity index is 385. The topological polar surface area (TPSA) is 55.5 Å². The summed E-state index contributed by atoms with van der Waals surface area (Å²) in [7, 11) is 1.41. The Hall–Kier alpha value is -0.840. The van der Waals surface area contributed by atoms with Gasteiger partial charge in [-0.05, 0) is 36.5 Å². The van der Waals surface area contributed by atoms with Crippen LogP contribution in [0.4, 0.5) is 4.39 Å². The van der Waals surface area contributed by atoms with Gasteiger partial charge in [-0.3, -0.25) is 0 Å². The minimum Gasteiger partial charge on any atom is -0.494 e. The number of benzene rings is 1. The first kappa shape index (κ1) is 14.2. The predicted octanol–water partition coefficient (Wildman–Crippen LogP) is 2.03. The Labute approximate surface area is 106 Å². The van der Waals surface area contributed by atoms with E-state index in [0.29, 0.717) is 5.56 Å². The summed E-state index contributed by atoms with van der Waals surface area (Å²) in [5.74, 6) is 0.0236. The highest BCUT2D eigenvalue weighted by molar-refractivity contribution is 5.85. The fourth-order valence-corrected chi connectivity index (χ4v) is 1.82. The van der Waals surface area contributed by atoms with Crippen LogP contribution in [0.2, 0.25) is 0 Å². The molecule has 3 N–H and O–H groups in total. The van der Waals surface area contributed by atoms with E-state index in [1.54, 1.807) is 6.07 Å². The minimum absolute atomic E-state index is 0. The lowest BCUT2D eigenvalue weighted by Gasteiger charge is -2.19. The molecular formula is C12H17ClFNO2. The molecule has 5 heteroatoms. The van der Waals surface area contributed by atoms with E-state index in [-0.39, 0.29) is 24.1 Å². The first-order chi connectivity index (χ1) is 7.63. The Morgan fingerprint density at radius 2 is 2.12 bits per heavy atom. The highest BCUT2D eigenvalue weighted by Crippen LogP contribution is 2.37. The smallest absolute Gasteiger partial charge is 0.165 e.